The molecule has 0 bridgehead atoms. The summed E-state index contributed by atoms with van der Waals surface area (Å²) >= 11 is 0. The van der Waals surface area contributed by atoms with Gasteiger partial charge in [-0.25, -0.2) is 4.98 Å². The van der Waals surface area contributed by atoms with Gasteiger partial charge in [-0.2, -0.15) is 0 Å². The van der Waals surface area contributed by atoms with Crippen LogP contribution in [0.1, 0.15) is 11.5 Å². The quantitative estimate of drug-likeness (QED) is 0.731. The smallest absolute Gasteiger partial charge is 0.114 e. The Kier molecular flexibility index (Phi) is 2.47. The standard InChI is InChI=1S/C10H14N4/c11-5-4-10-13-8(7-12)9-3-1-2-6-14(9)10/h1-3,6H,4-5,7,11-12H2. The van der Waals surface area contributed by atoms with E-state index in [-0.39, 0.29) is 0 Å². The van der Waals surface area contributed by atoms with E-state index in [0.29, 0.717) is 13.1 Å². The lowest BCUT2D eigenvalue weighted by molar-refractivity contribution is 0.854. The number of nitrogens with two attached hydrogens (primary N) is 2. The molecule has 0 spiro atoms. The molecule has 0 saturated carbocycles. The first kappa shape index (κ1) is 9.18. The number of fused-ring (bicyclic) bond motifs is 1. The van der Waals surface area contributed by atoms with Crippen LogP contribution in [0.4, 0.5) is 0 Å². The molecular formula is C10H14N4. The second-order valence-corrected chi connectivity index (χ2v) is 3.17. The highest BCUT2D eigenvalue weighted by Crippen LogP contribution is 2.12. The molecule has 0 aliphatic heterocycles. The van der Waals surface area contributed by atoms with Crippen molar-refractivity contribution in [3.63, 3.8) is 0 Å². The molecule has 0 saturated heterocycles. The van der Waals surface area contributed by atoms with Gasteiger partial charge in [0.1, 0.15) is 5.82 Å². The molecule has 2 aromatic heterocycles. The summed E-state index contributed by atoms with van der Waals surface area (Å²) in [5, 5.41) is 0. The van der Waals surface area contributed by atoms with Crippen molar-refractivity contribution in [3.05, 3.63) is 35.9 Å². The molecule has 0 aliphatic rings. The highest BCUT2D eigenvalue weighted by Gasteiger charge is 2.07. The molecule has 0 radical (unpaired) electrons. The third kappa shape index (κ3) is 1.38. The van der Waals surface area contributed by atoms with E-state index in [1.807, 2.05) is 24.4 Å². The maximum absolute atomic E-state index is 5.62. The molecule has 0 aromatic carbocycles. The monoisotopic (exact) mass is 190 g/mol. The zero-order chi connectivity index (χ0) is 9.97. The number of pyridine rings is 1. The van der Waals surface area contributed by atoms with Gasteiger partial charge in [0.25, 0.3) is 0 Å². The Morgan fingerprint density at radius 3 is 2.86 bits per heavy atom. The summed E-state index contributed by atoms with van der Waals surface area (Å²) < 4.78 is 2.05. The van der Waals surface area contributed by atoms with Gasteiger partial charge in [0.05, 0.1) is 11.2 Å². The fourth-order valence-corrected chi connectivity index (χ4v) is 1.63. The average molecular weight is 190 g/mol. The molecule has 0 unspecified atom stereocenters. The lowest BCUT2D eigenvalue weighted by Gasteiger charge is -1.97. The Bertz CT molecular complexity index is 433. The summed E-state index contributed by atoms with van der Waals surface area (Å²) in [4.78, 5) is 4.46. The van der Waals surface area contributed by atoms with E-state index in [4.69, 9.17) is 11.5 Å². The van der Waals surface area contributed by atoms with Crippen molar-refractivity contribution in [2.45, 2.75) is 13.0 Å². The number of hydrogen-bond donors (Lipinski definition) is 2. The first-order chi connectivity index (χ1) is 6.86. The van der Waals surface area contributed by atoms with Crippen LogP contribution in [0.2, 0.25) is 0 Å². The summed E-state index contributed by atoms with van der Waals surface area (Å²) in [6.45, 7) is 1.08. The predicted octanol–water partition coefficient (Wildman–Crippen LogP) is 0.294. The second kappa shape index (κ2) is 3.77. The maximum Gasteiger partial charge on any atom is 0.114 e. The van der Waals surface area contributed by atoms with E-state index in [2.05, 4.69) is 9.38 Å². The topological polar surface area (TPSA) is 69.3 Å². The largest absolute Gasteiger partial charge is 0.330 e. The van der Waals surface area contributed by atoms with Crippen LogP contribution in [0.3, 0.4) is 0 Å². The van der Waals surface area contributed by atoms with E-state index in [9.17, 15) is 0 Å². The van der Waals surface area contributed by atoms with E-state index >= 15 is 0 Å². The molecule has 2 heterocycles. The molecule has 74 valence electrons. The number of imidazole rings is 1. The molecule has 14 heavy (non-hydrogen) atoms. The van der Waals surface area contributed by atoms with Crippen LogP contribution in [-0.4, -0.2) is 15.9 Å². The van der Waals surface area contributed by atoms with Crippen molar-refractivity contribution >= 4 is 5.52 Å². The van der Waals surface area contributed by atoms with Crippen molar-refractivity contribution in [2.75, 3.05) is 6.54 Å². The Hall–Kier alpha value is -1.39. The van der Waals surface area contributed by atoms with Crippen molar-refractivity contribution < 1.29 is 0 Å². The van der Waals surface area contributed by atoms with Crippen molar-refractivity contribution in [1.29, 1.82) is 0 Å². The summed E-state index contributed by atoms with van der Waals surface area (Å²) in [6, 6.07) is 5.99. The van der Waals surface area contributed by atoms with E-state index < -0.39 is 0 Å². The van der Waals surface area contributed by atoms with Gasteiger partial charge in [0.2, 0.25) is 0 Å². The molecule has 0 amide bonds. The molecule has 0 fully saturated rings. The van der Waals surface area contributed by atoms with Gasteiger partial charge in [-0.15, -0.1) is 0 Å². The normalized spacial score (nSPS) is 11.0. The zero-order valence-electron chi connectivity index (χ0n) is 7.98. The van der Waals surface area contributed by atoms with Crippen LogP contribution in [0, 0.1) is 0 Å². The Morgan fingerprint density at radius 2 is 2.14 bits per heavy atom. The SMILES string of the molecule is NCCc1nc(CN)c2ccccn12. The van der Waals surface area contributed by atoms with Crippen LogP contribution in [-0.2, 0) is 13.0 Å². The Balaban J connectivity index is 2.61. The molecule has 4 heteroatoms. The average Bonchev–Trinajstić information content (AvgIpc) is 2.58. The summed E-state index contributed by atoms with van der Waals surface area (Å²) in [6.07, 6.45) is 2.78. The van der Waals surface area contributed by atoms with E-state index in [1.54, 1.807) is 0 Å². The highest BCUT2D eigenvalue weighted by molar-refractivity contribution is 5.53. The van der Waals surface area contributed by atoms with Crippen LogP contribution in [0.5, 0.6) is 0 Å². The van der Waals surface area contributed by atoms with Crippen LogP contribution < -0.4 is 11.5 Å². The zero-order valence-corrected chi connectivity index (χ0v) is 7.98. The molecule has 2 aromatic rings. The summed E-state index contributed by atoms with van der Waals surface area (Å²) in [5.41, 5.74) is 13.2. The summed E-state index contributed by atoms with van der Waals surface area (Å²) in [5.74, 6) is 0.989. The van der Waals surface area contributed by atoms with Gasteiger partial charge >= 0.3 is 0 Å². The van der Waals surface area contributed by atoms with Gasteiger partial charge in [-0.05, 0) is 18.7 Å². The maximum atomic E-state index is 5.62. The minimum Gasteiger partial charge on any atom is -0.330 e. The molecule has 0 aliphatic carbocycles. The van der Waals surface area contributed by atoms with E-state index in [1.165, 1.54) is 0 Å². The fraction of sp³-hybridized carbons (Fsp3) is 0.300. The summed E-state index contributed by atoms with van der Waals surface area (Å²) in [7, 11) is 0. The molecule has 0 atom stereocenters. The fourth-order valence-electron chi connectivity index (χ4n) is 1.63. The first-order valence-corrected chi connectivity index (χ1v) is 4.71. The highest BCUT2D eigenvalue weighted by atomic mass is 15.0. The Labute approximate surface area is 82.5 Å². The van der Waals surface area contributed by atoms with Gasteiger partial charge in [-0.1, -0.05) is 6.07 Å². The number of nitrogens with zero attached hydrogens (tertiary/aromatic N) is 2. The number of hydrogen-bond acceptors (Lipinski definition) is 3. The van der Waals surface area contributed by atoms with Crippen molar-refractivity contribution in [2.24, 2.45) is 11.5 Å². The minimum atomic E-state index is 0.470. The molecule has 4 nitrogen and oxygen atoms in total. The van der Waals surface area contributed by atoms with Crippen molar-refractivity contribution in [1.82, 2.24) is 9.38 Å². The van der Waals surface area contributed by atoms with Gasteiger partial charge in [0, 0.05) is 19.2 Å². The van der Waals surface area contributed by atoms with Crippen LogP contribution in [0.25, 0.3) is 5.52 Å². The number of rotatable bonds is 3. The predicted molar refractivity (Wildman–Crippen MR) is 55.8 cm³/mol. The lowest BCUT2D eigenvalue weighted by atomic mass is 10.3. The molecular weight excluding hydrogens is 176 g/mol. The van der Waals surface area contributed by atoms with Crippen molar-refractivity contribution in [3.8, 4) is 0 Å². The second-order valence-electron chi connectivity index (χ2n) is 3.17. The van der Waals surface area contributed by atoms with Crippen LogP contribution in [0.15, 0.2) is 24.4 Å². The van der Waals surface area contributed by atoms with Gasteiger partial charge in [0.15, 0.2) is 0 Å². The minimum absolute atomic E-state index is 0.470. The lowest BCUT2D eigenvalue weighted by Crippen LogP contribution is -2.06. The third-order valence-electron chi connectivity index (χ3n) is 2.26. The van der Waals surface area contributed by atoms with E-state index in [0.717, 1.165) is 23.5 Å². The van der Waals surface area contributed by atoms with Crippen LogP contribution >= 0.6 is 0 Å². The Morgan fingerprint density at radius 1 is 1.29 bits per heavy atom. The number of aromatic nitrogens is 2. The first-order valence-electron chi connectivity index (χ1n) is 4.71. The molecule has 2 rings (SSSR count). The molecule has 4 N–H and O–H groups in total. The van der Waals surface area contributed by atoms with Gasteiger partial charge < -0.3 is 15.9 Å². The third-order valence-corrected chi connectivity index (χ3v) is 2.26. The van der Waals surface area contributed by atoms with Gasteiger partial charge in [-0.3, -0.25) is 0 Å².